The van der Waals surface area contributed by atoms with Gasteiger partial charge in [0.05, 0.1) is 54.0 Å². The summed E-state index contributed by atoms with van der Waals surface area (Å²) < 4.78 is 142. The minimum atomic E-state index is -0.638. The van der Waals surface area contributed by atoms with Crippen molar-refractivity contribution in [1.82, 2.24) is 68.9 Å². The lowest BCUT2D eigenvalue weighted by atomic mass is 10.1. The average Bonchev–Trinajstić information content (AvgIpc) is 1.57. The SMILES string of the molecule is [2H]c1c([2H])c([2H])c(-c2nc(-c3ccc(-n4c5ccccc5c5cc6sc7ccccc7c6cc54)c(-c4nc(-c5ccccc5)nc(-c5ccccc5)n4)c3)nc(-c3c([2H])c([2H])c([2H])c([2H])c3[2H])n2)c([2H])c1[2H].[2H]c1c([2H])c([2H])c(-c2nc(-c3ccccc3)nc(-c3ccc(-n4c5ccccc5c5cc6oc7ccccc7c6cc54)c(-c4nc(-c5ccccc5)nc(-c5ccccc5)n4)c3)n2)c([2H])c1[2H]. The number of hydrogen-bond donors (Lipinski definition) is 0. The van der Waals surface area contributed by atoms with Gasteiger partial charge in [-0.1, -0.05) is 315 Å². The summed E-state index contributed by atoms with van der Waals surface area (Å²) in [4.78, 5) is 59.4. The Balaban J connectivity index is 0.000000156. The Bertz CT molecular complexity index is 8950. The van der Waals surface area contributed by atoms with Gasteiger partial charge in [0.2, 0.25) is 0 Å². The van der Waals surface area contributed by atoms with E-state index >= 15 is 0 Å². The number of furan rings is 1. The standard InChI is InChI=1S/C54H33N7O.C54H33N7S/c2*1-5-17-34(18-6-1)49-55-50(35-19-7-2-8-20-35)58-53(57-49)38-29-30-45(43(31-38)54-59-51(36-21-9-3-10-22-36)56-52(60-54)37-23-11-4-12-24-37)61-44-27-15-13-25-39(44)41-33-48-42(32-46(41)61)40-26-14-16-28-47(40)62-48/h2*1-33H/i1D,5D,6D,17D,18D;1D,2D,5D,6D,7D,8D,17D,18D,19D,20D. The normalized spacial score (nSPS) is 13.2. The number of rotatable bonds is 14. The Morgan fingerprint density at radius 1 is 0.202 bits per heavy atom. The number of para-hydroxylation sites is 3. The molecule has 0 unspecified atom stereocenters. The monoisotopic (exact) mass is 1620 g/mol. The van der Waals surface area contributed by atoms with Crippen LogP contribution in [-0.4, -0.2) is 68.9 Å². The second-order valence-corrected chi connectivity index (χ2v) is 30.2. The first-order chi connectivity index (χ1) is 67.6. The molecule has 16 heteroatoms. The van der Waals surface area contributed by atoms with E-state index in [0.29, 0.717) is 62.6 Å². The topological polar surface area (TPSA) is 178 Å². The number of aromatic nitrogens is 14. The molecule has 0 spiro atoms. The molecule has 0 aliphatic carbocycles. The summed E-state index contributed by atoms with van der Waals surface area (Å²) in [6.07, 6.45) is 0. The Hall–Kier alpha value is -16.8. The van der Waals surface area contributed by atoms with Crippen LogP contribution in [0.4, 0.5) is 0 Å². The minimum absolute atomic E-state index is 0.0666. The van der Waals surface area contributed by atoms with Crippen LogP contribution >= 0.6 is 11.3 Å². The molecule has 580 valence electrons. The van der Waals surface area contributed by atoms with Crippen molar-refractivity contribution in [2.24, 2.45) is 0 Å². The molecular weight excluding hydrogens is 1540 g/mol. The molecule has 8 heterocycles. The van der Waals surface area contributed by atoms with Crippen LogP contribution in [0.2, 0.25) is 0 Å². The average molecular weight is 1620 g/mol. The molecule has 24 rings (SSSR count). The van der Waals surface area contributed by atoms with E-state index in [1.165, 1.54) is 0 Å². The van der Waals surface area contributed by atoms with Crippen molar-refractivity contribution >= 4 is 97.1 Å². The van der Waals surface area contributed by atoms with Crippen molar-refractivity contribution < 1.29 is 25.0 Å². The van der Waals surface area contributed by atoms with Crippen LogP contribution < -0.4 is 0 Å². The Labute approximate surface area is 735 Å². The smallest absolute Gasteiger partial charge is 0.166 e. The largest absolute Gasteiger partial charge is 0.456 e. The third-order valence-corrected chi connectivity index (χ3v) is 22.8. The van der Waals surface area contributed by atoms with Gasteiger partial charge in [0.15, 0.2) is 69.9 Å². The fourth-order valence-electron chi connectivity index (χ4n) is 16.0. The Morgan fingerprint density at radius 2 is 0.516 bits per heavy atom. The fraction of sp³-hybridized carbons (Fsp3) is 0. The van der Waals surface area contributed by atoms with Gasteiger partial charge in [0, 0.05) is 119 Å². The van der Waals surface area contributed by atoms with E-state index in [4.69, 9.17) is 79.8 Å². The highest BCUT2D eigenvalue weighted by molar-refractivity contribution is 7.25. The van der Waals surface area contributed by atoms with Gasteiger partial charge in [-0.2, -0.15) is 0 Å². The summed E-state index contributed by atoms with van der Waals surface area (Å²) in [6.45, 7) is 0. The predicted molar refractivity (Wildman–Crippen MR) is 501 cm³/mol. The van der Waals surface area contributed by atoms with E-state index < -0.39 is 90.6 Å². The Morgan fingerprint density at radius 3 is 0.919 bits per heavy atom. The van der Waals surface area contributed by atoms with Crippen molar-refractivity contribution in [2.75, 3.05) is 0 Å². The fourth-order valence-corrected chi connectivity index (χ4v) is 17.1. The second kappa shape index (κ2) is 30.8. The quantitative estimate of drug-likeness (QED) is 0.101. The van der Waals surface area contributed by atoms with Crippen LogP contribution in [0.3, 0.4) is 0 Å². The molecule has 0 aliphatic heterocycles. The van der Waals surface area contributed by atoms with Gasteiger partial charge in [-0.3, -0.25) is 0 Å². The van der Waals surface area contributed by atoms with E-state index in [-0.39, 0.29) is 57.5 Å². The van der Waals surface area contributed by atoms with E-state index in [1.807, 2.05) is 231 Å². The molecule has 0 radical (unpaired) electrons. The zero-order valence-electron chi connectivity index (χ0n) is 80.0. The molecule has 0 bridgehead atoms. The Kier molecular flexibility index (Phi) is 14.5. The highest BCUT2D eigenvalue weighted by atomic mass is 32.1. The molecule has 8 aromatic heterocycles. The van der Waals surface area contributed by atoms with Gasteiger partial charge in [-0.25, -0.2) is 59.8 Å². The molecule has 0 saturated carbocycles. The molecule has 0 N–H and O–H groups in total. The summed E-state index contributed by atoms with van der Waals surface area (Å²) in [6, 6.07) is 92.2. The van der Waals surface area contributed by atoms with Crippen LogP contribution in [0.5, 0.6) is 0 Å². The van der Waals surface area contributed by atoms with Crippen LogP contribution in [0.25, 0.3) is 234 Å². The van der Waals surface area contributed by atoms with Crippen molar-refractivity contribution in [2.45, 2.75) is 0 Å². The molecule has 15 nitrogen and oxygen atoms in total. The van der Waals surface area contributed by atoms with E-state index in [2.05, 4.69) is 80.8 Å². The summed E-state index contributed by atoms with van der Waals surface area (Å²) in [5.74, 6) is 1.95. The molecule has 0 fully saturated rings. The van der Waals surface area contributed by atoms with Crippen LogP contribution in [0.15, 0.2) is 404 Å². The van der Waals surface area contributed by atoms with Gasteiger partial charge >= 0.3 is 0 Å². The molecular formula is C108H66N14OS. The maximum absolute atomic E-state index is 8.90. The van der Waals surface area contributed by atoms with Crippen molar-refractivity contribution in [3.63, 3.8) is 0 Å². The molecule has 24 aromatic rings. The molecule has 0 atom stereocenters. The molecule has 0 saturated heterocycles. The van der Waals surface area contributed by atoms with Crippen LogP contribution in [0, 0.1) is 0 Å². The zero-order chi connectivity index (χ0) is 95.0. The summed E-state index contributed by atoms with van der Waals surface area (Å²) in [5.41, 5.74) is 11.5. The lowest BCUT2D eigenvalue weighted by Gasteiger charge is -2.16. The molecule has 0 amide bonds. The maximum Gasteiger partial charge on any atom is 0.166 e. The third kappa shape index (κ3) is 13.3. The van der Waals surface area contributed by atoms with Crippen molar-refractivity contribution in [3.8, 4) is 148 Å². The number of nitrogens with zero attached hydrogens (tertiary/aromatic N) is 14. The number of thiophene rings is 1. The lowest BCUT2D eigenvalue weighted by molar-refractivity contribution is 0.669. The van der Waals surface area contributed by atoms with Crippen LogP contribution in [-0.2, 0) is 0 Å². The number of benzene rings is 16. The van der Waals surface area contributed by atoms with Gasteiger partial charge in [0.1, 0.15) is 11.2 Å². The van der Waals surface area contributed by atoms with Crippen molar-refractivity contribution in [3.05, 3.63) is 400 Å². The molecule has 16 aromatic carbocycles. The summed E-state index contributed by atoms with van der Waals surface area (Å²) in [5, 5.41) is 8.25. The van der Waals surface area contributed by atoms with Gasteiger partial charge in [-0.15, -0.1) is 11.3 Å². The highest BCUT2D eigenvalue weighted by Crippen LogP contribution is 2.46. The minimum Gasteiger partial charge on any atom is -0.456 e. The zero-order valence-corrected chi connectivity index (χ0v) is 65.8. The number of hydrogen-bond acceptors (Lipinski definition) is 14. The van der Waals surface area contributed by atoms with E-state index in [0.717, 1.165) is 114 Å². The first kappa shape index (κ1) is 58.1. The first-order valence-electron chi connectivity index (χ1n) is 47.2. The second-order valence-electron chi connectivity index (χ2n) is 29.2. The predicted octanol–water partition coefficient (Wildman–Crippen LogP) is 26.6. The van der Waals surface area contributed by atoms with Crippen molar-refractivity contribution in [1.29, 1.82) is 0 Å². The maximum atomic E-state index is 8.90. The third-order valence-electron chi connectivity index (χ3n) is 21.7. The van der Waals surface area contributed by atoms with Gasteiger partial charge in [-0.05, 0) is 84.9 Å². The van der Waals surface area contributed by atoms with E-state index in [1.54, 1.807) is 23.5 Å². The van der Waals surface area contributed by atoms with Gasteiger partial charge < -0.3 is 13.6 Å². The first-order valence-corrected chi connectivity index (χ1v) is 40.5. The van der Waals surface area contributed by atoms with E-state index in [9.17, 15) is 0 Å². The molecule has 0 aliphatic rings. The highest BCUT2D eigenvalue weighted by Gasteiger charge is 2.27. The number of fused-ring (bicyclic) bond motifs is 12. The lowest BCUT2D eigenvalue weighted by Crippen LogP contribution is -2.05. The summed E-state index contributed by atoms with van der Waals surface area (Å²) in [7, 11) is 0. The molecule has 124 heavy (non-hydrogen) atoms. The summed E-state index contributed by atoms with van der Waals surface area (Å²) >= 11 is 1.73. The van der Waals surface area contributed by atoms with Gasteiger partial charge in [0.25, 0.3) is 0 Å². The van der Waals surface area contributed by atoms with Crippen LogP contribution in [0.1, 0.15) is 20.6 Å².